The Morgan fingerprint density at radius 2 is 1.47 bits per heavy atom. The monoisotopic (exact) mass is 229 g/mol. The van der Waals surface area contributed by atoms with Crippen LogP contribution < -0.4 is 0 Å². The summed E-state index contributed by atoms with van der Waals surface area (Å²) in [7, 11) is 0. The van der Waals surface area contributed by atoms with E-state index in [4.69, 9.17) is 5.26 Å². The van der Waals surface area contributed by atoms with Gasteiger partial charge in [-0.15, -0.1) is 0 Å². The van der Waals surface area contributed by atoms with E-state index in [0.717, 1.165) is 17.2 Å². The summed E-state index contributed by atoms with van der Waals surface area (Å²) in [4.78, 5) is 0. The molecule has 0 unspecified atom stereocenters. The van der Waals surface area contributed by atoms with Crippen molar-refractivity contribution < 1.29 is 8.78 Å². The molecule has 0 radical (unpaired) electrons. The van der Waals surface area contributed by atoms with Crippen LogP contribution in [0.3, 0.4) is 0 Å². The highest BCUT2D eigenvalue weighted by atomic mass is 19.1. The molecule has 3 heteroatoms. The predicted octanol–water partition coefficient (Wildman–Crippen LogP) is 3.70. The fourth-order valence-electron chi connectivity index (χ4n) is 1.63. The average Bonchev–Trinajstić information content (AvgIpc) is 2.29. The van der Waals surface area contributed by atoms with Crippen molar-refractivity contribution in [2.24, 2.45) is 0 Å². The standard InChI is InChI=1S/C14H9F2N/c15-13-7-12(8-14(16)9-13)11-3-1-10(2-4-11)5-6-17/h1-4,7-9H,5H2. The van der Waals surface area contributed by atoms with E-state index in [1.54, 1.807) is 24.3 Å². The van der Waals surface area contributed by atoms with Gasteiger partial charge in [-0.25, -0.2) is 8.78 Å². The molecule has 0 N–H and O–H groups in total. The smallest absolute Gasteiger partial charge is 0.126 e. The summed E-state index contributed by atoms with van der Waals surface area (Å²) in [6, 6.07) is 12.5. The zero-order valence-electron chi connectivity index (χ0n) is 8.95. The average molecular weight is 229 g/mol. The van der Waals surface area contributed by atoms with E-state index in [1.165, 1.54) is 12.1 Å². The molecule has 0 fully saturated rings. The number of hydrogen-bond donors (Lipinski definition) is 0. The van der Waals surface area contributed by atoms with Gasteiger partial charge in [-0.3, -0.25) is 0 Å². The van der Waals surface area contributed by atoms with Crippen LogP contribution in [0, 0.1) is 23.0 Å². The third-order valence-electron chi connectivity index (χ3n) is 2.43. The minimum atomic E-state index is -0.596. The molecule has 0 atom stereocenters. The van der Waals surface area contributed by atoms with Crippen LogP contribution >= 0.6 is 0 Å². The third-order valence-corrected chi connectivity index (χ3v) is 2.43. The van der Waals surface area contributed by atoms with Gasteiger partial charge in [0.15, 0.2) is 0 Å². The summed E-state index contributed by atoms with van der Waals surface area (Å²) in [5.41, 5.74) is 2.10. The molecule has 2 aromatic carbocycles. The first-order valence-corrected chi connectivity index (χ1v) is 5.11. The zero-order chi connectivity index (χ0) is 12.3. The maximum atomic E-state index is 13.0. The molecular weight excluding hydrogens is 220 g/mol. The van der Waals surface area contributed by atoms with E-state index in [9.17, 15) is 8.78 Å². The van der Waals surface area contributed by atoms with Gasteiger partial charge in [0.1, 0.15) is 11.6 Å². The normalized spacial score (nSPS) is 9.94. The van der Waals surface area contributed by atoms with Gasteiger partial charge >= 0.3 is 0 Å². The number of hydrogen-bond acceptors (Lipinski definition) is 1. The quantitative estimate of drug-likeness (QED) is 0.770. The van der Waals surface area contributed by atoms with Crippen LogP contribution in [0.5, 0.6) is 0 Å². The van der Waals surface area contributed by atoms with Gasteiger partial charge in [0.2, 0.25) is 0 Å². The lowest BCUT2D eigenvalue weighted by Gasteiger charge is -2.03. The first-order chi connectivity index (χ1) is 8.19. The Hall–Kier alpha value is -2.21. The Bertz CT molecular complexity index is 548. The Labute approximate surface area is 97.9 Å². The van der Waals surface area contributed by atoms with Gasteiger partial charge in [-0.2, -0.15) is 5.26 Å². The van der Waals surface area contributed by atoms with Gasteiger partial charge in [-0.05, 0) is 28.8 Å². The SMILES string of the molecule is N#CCc1ccc(-c2cc(F)cc(F)c2)cc1. The molecule has 0 aromatic heterocycles. The second-order valence-electron chi connectivity index (χ2n) is 3.69. The summed E-state index contributed by atoms with van der Waals surface area (Å²) in [5.74, 6) is -1.19. The predicted molar refractivity (Wildman–Crippen MR) is 61.1 cm³/mol. The summed E-state index contributed by atoms with van der Waals surface area (Å²) in [6.07, 6.45) is 0.331. The molecule has 0 saturated heterocycles. The number of nitriles is 1. The van der Waals surface area contributed by atoms with Crippen LogP contribution in [0.2, 0.25) is 0 Å². The minimum Gasteiger partial charge on any atom is -0.207 e. The van der Waals surface area contributed by atoms with Crippen molar-refractivity contribution in [3.63, 3.8) is 0 Å². The first-order valence-electron chi connectivity index (χ1n) is 5.11. The van der Waals surface area contributed by atoms with Crippen LogP contribution in [0.15, 0.2) is 42.5 Å². The fourth-order valence-corrected chi connectivity index (χ4v) is 1.63. The minimum absolute atomic E-state index is 0.331. The van der Waals surface area contributed by atoms with E-state index in [1.807, 2.05) is 6.07 Å². The second-order valence-corrected chi connectivity index (χ2v) is 3.69. The number of nitrogens with zero attached hydrogens (tertiary/aromatic N) is 1. The Morgan fingerprint density at radius 3 is 2.00 bits per heavy atom. The largest absolute Gasteiger partial charge is 0.207 e. The maximum Gasteiger partial charge on any atom is 0.126 e. The van der Waals surface area contributed by atoms with E-state index in [-0.39, 0.29) is 0 Å². The molecule has 84 valence electrons. The molecule has 0 saturated carbocycles. The molecule has 1 nitrogen and oxygen atoms in total. The maximum absolute atomic E-state index is 13.0. The van der Waals surface area contributed by atoms with Crippen molar-refractivity contribution in [3.8, 4) is 17.2 Å². The molecule has 2 aromatic rings. The van der Waals surface area contributed by atoms with Crippen LogP contribution in [-0.2, 0) is 6.42 Å². The van der Waals surface area contributed by atoms with Crippen molar-refractivity contribution in [1.82, 2.24) is 0 Å². The molecule has 17 heavy (non-hydrogen) atoms. The summed E-state index contributed by atoms with van der Waals surface area (Å²) in [6.45, 7) is 0. The molecular formula is C14H9F2N. The number of benzene rings is 2. The van der Waals surface area contributed by atoms with Crippen LogP contribution in [0.1, 0.15) is 5.56 Å². The third kappa shape index (κ3) is 2.67. The summed E-state index contributed by atoms with van der Waals surface area (Å²) >= 11 is 0. The van der Waals surface area contributed by atoms with Crippen molar-refractivity contribution in [1.29, 1.82) is 5.26 Å². The highest BCUT2D eigenvalue weighted by Gasteiger charge is 2.03. The highest BCUT2D eigenvalue weighted by molar-refractivity contribution is 5.63. The lowest BCUT2D eigenvalue weighted by atomic mass is 10.0. The molecule has 2 rings (SSSR count). The van der Waals surface area contributed by atoms with Gasteiger partial charge in [0, 0.05) is 6.07 Å². The molecule has 0 spiro atoms. The van der Waals surface area contributed by atoms with Gasteiger partial charge < -0.3 is 0 Å². The fraction of sp³-hybridized carbons (Fsp3) is 0.0714. The number of rotatable bonds is 2. The van der Waals surface area contributed by atoms with E-state index in [0.29, 0.717) is 12.0 Å². The van der Waals surface area contributed by atoms with E-state index >= 15 is 0 Å². The molecule has 0 aliphatic rings. The first kappa shape index (κ1) is 11.3. The Balaban J connectivity index is 2.36. The summed E-state index contributed by atoms with van der Waals surface area (Å²) < 4.78 is 26.1. The van der Waals surface area contributed by atoms with Crippen molar-refractivity contribution in [2.75, 3.05) is 0 Å². The van der Waals surface area contributed by atoms with Crippen LogP contribution in [0.4, 0.5) is 8.78 Å². The van der Waals surface area contributed by atoms with Crippen molar-refractivity contribution in [3.05, 3.63) is 59.7 Å². The number of halogens is 2. The lowest BCUT2D eigenvalue weighted by Crippen LogP contribution is -1.85. The second kappa shape index (κ2) is 4.75. The lowest BCUT2D eigenvalue weighted by molar-refractivity contribution is 0.584. The zero-order valence-corrected chi connectivity index (χ0v) is 8.95. The van der Waals surface area contributed by atoms with Gasteiger partial charge in [0.25, 0.3) is 0 Å². The van der Waals surface area contributed by atoms with Crippen LogP contribution in [-0.4, -0.2) is 0 Å². The Kier molecular flexibility index (Phi) is 3.15. The molecule has 0 amide bonds. The highest BCUT2D eigenvalue weighted by Crippen LogP contribution is 2.22. The van der Waals surface area contributed by atoms with Gasteiger partial charge in [0.05, 0.1) is 12.5 Å². The van der Waals surface area contributed by atoms with Crippen molar-refractivity contribution >= 4 is 0 Å². The summed E-state index contributed by atoms with van der Waals surface area (Å²) in [5, 5.41) is 8.53. The molecule has 0 heterocycles. The Morgan fingerprint density at radius 1 is 0.882 bits per heavy atom. The molecule has 0 bridgehead atoms. The van der Waals surface area contributed by atoms with Crippen LogP contribution in [0.25, 0.3) is 11.1 Å². The van der Waals surface area contributed by atoms with Gasteiger partial charge in [-0.1, -0.05) is 24.3 Å². The molecule has 0 aliphatic carbocycles. The topological polar surface area (TPSA) is 23.8 Å². The van der Waals surface area contributed by atoms with E-state index in [2.05, 4.69) is 0 Å². The molecule has 0 aliphatic heterocycles. The van der Waals surface area contributed by atoms with E-state index < -0.39 is 11.6 Å². The van der Waals surface area contributed by atoms with Crippen molar-refractivity contribution in [2.45, 2.75) is 6.42 Å².